The molecule has 1 unspecified atom stereocenters. The van der Waals surface area contributed by atoms with Crippen molar-refractivity contribution in [1.82, 2.24) is 4.90 Å². The Morgan fingerprint density at radius 2 is 2.09 bits per heavy atom. The summed E-state index contributed by atoms with van der Waals surface area (Å²) in [5, 5.41) is 8.98. The molecule has 1 aliphatic heterocycles. The number of benzene rings is 1. The van der Waals surface area contributed by atoms with E-state index in [9.17, 15) is 22.8 Å². The van der Waals surface area contributed by atoms with Crippen LogP contribution in [0.25, 0.3) is 0 Å². The van der Waals surface area contributed by atoms with Gasteiger partial charge in [-0.05, 0) is 24.1 Å². The van der Waals surface area contributed by atoms with Gasteiger partial charge < -0.3 is 14.7 Å². The standard InChI is InChI=1S/C15H16F3NO4/c1-23-11-4-2-3-10(7-11)8-12(20)19-6-5-14(9-19,13(21)22)15(16,17)18/h2-4,7H,5-6,8-9H2,1H3,(H,21,22). The highest BCUT2D eigenvalue weighted by molar-refractivity contribution is 5.82. The van der Waals surface area contributed by atoms with Crippen LogP contribution >= 0.6 is 0 Å². The van der Waals surface area contributed by atoms with E-state index in [2.05, 4.69) is 0 Å². The van der Waals surface area contributed by atoms with Crippen LogP contribution in [0, 0.1) is 5.41 Å². The normalized spacial score (nSPS) is 21.3. The summed E-state index contributed by atoms with van der Waals surface area (Å²) in [6.07, 6.45) is -5.63. The highest BCUT2D eigenvalue weighted by Crippen LogP contribution is 2.45. The number of carboxylic acid groups (broad SMARTS) is 1. The fourth-order valence-electron chi connectivity index (χ4n) is 2.62. The molecule has 1 heterocycles. The molecular weight excluding hydrogens is 315 g/mol. The average molecular weight is 331 g/mol. The Labute approximate surface area is 130 Å². The maximum atomic E-state index is 13.1. The number of likely N-dealkylation sites (tertiary alicyclic amines) is 1. The summed E-state index contributed by atoms with van der Waals surface area (Å²) in [6.45, 7) is -1.08. The van der Waals surface area contributed by atoms with Gasteiger partial charge in [-0.1, -0.05) is 12.1 Å². The molecule has 1 aromatic rings. The summed E-state index contributed by atoms with van der Waals surface area (Å²) in [5.41, 5.74) is -2.29. The molecule has 1 aliphatic rings. The smallest absolute Gasteiger partial charge is 0.406 e. The van der Waals surface area contributed by atoms with Crippen molar-refractivity contribution < 1.29 is 32.6 Å². The van der Waals surface area contributed by atoms with E-state index in [0.717, 1.165) is 4.90 Å². The molecule has 0 saturated carbocycles. The highest BCUT2D eigenvalue weighted by Gasteiger charge is 2.64. The van der Waals surface area contributed by atoms with Gasteiger partial charge in [0.2, 0.25) is 5.91 Å². The van der Waals surface area contributed by atoms with Crippen molar-refractivity contribution >= 4 is 11.9 Å². The summed E-state index contributed by atoms with van der Waals surface area (Å²) < 4.78 is 44.3. The molecule has 1 aromatic carbocycles. The quantitative estimate of drug-likeness (QED) is 0.918. The minimum atomic E-state index is -4.90. The number of nitrogens with zero attached hydrogens (tertiary/aromatic N) is 1. The van der Waals surface area contributed by atoms with Crippen LogP contribution in [0.4, 0.5) is 13.2 Å². The topological polar surface area (TPSA) is 66.8 Å². The van der Waals surface area contributed by atoms with E-state index in [1.54, 1.807) is 24.3 Å². The number of carbonyl (C=O) groups excluding carboxylic acids is 1. The number of halogens is 3. The molecule has 0 spiro atoms. The molecular formula is C15H16F3NO4. The Balaban J connectivity index is 2.11. The fraction of sp³-hybridized carbons (Fsp3) is 0.467. The summed E-state index contributed by atoms with van der Waals surface area (Å²) in [7, 11) is 1.46. The number of alkyl halides is 3. The van der Waals surface area contributed by atoms with Crippen molar-refractivity contribution in [2.24, 2.45) is 5.41 Å². The van der Waals surface area contributed by atoms with Gasteiger partial charge in [-0.2, -0.15) is 13.2 Å². The molecule has 1 amide bonds. The second-order valence-corrected chi connectivity index (χ2v) is 5.48. The molecule has 0 aromatic heterocycles. The summed E-state index contributed by atoms with van der Waals surface area (Å²) in [6, 6.07) is 6.62. The Morgan fingerprint density at radius 1 is 1.39 bits per heavy atom. The monoisotopic (exact) mass is 331 g/mol. The Kier molecular flexibility index (Phi) is 4.53. The lowest BCUT2D eigenvalue weighted by Crippen LogP contribution is -2.47. The SMILES string of the molecule is COc1cccc(CC(=O)N2CCC(C(=O)O)(C(F)(F)F)C2)c1. The molecule has 126 valence electrons. The molecule has 1 fully saturated rings. The first-order chi connectivity index (χ1) is 10.7. The van der Waals surface area contributed by atoms with Crippen molar-refractivity contribution in [3.8, 4) is 5.75 Å². The third-order valence-electron chi connectivity index (χ3n) is 4.06. The van der Waals surface area contributed by atoms with Gasteiger partial charge in [0.1, 0.15) is 5.75 Å². The molecule has 0 bridgehead atoms. The number of carbonyl (C=O) groups is 2. The second kappa shape index (κ2) is 6.10. The first-order valence-electron chi connectivity index (χ1n) is 6.90. The zero-order chi connectivity index (χ0) is 17.3. The zero-order valence-electron chi connectivity index (χ0n) is 12.4. The lowest BCUT2D eigenvalue weighted by Gasteiger charge is -2.27. The molecule has 0 aliphatic carbocycles. The van der Waals surface area contributed by atoms with E-state index in [0.29, 0.717) is 11.3 Å². The number of hydrogen-bond donors (Lipinski definition) is 1. The van der Waals surface area contributed by atoms with Crippen LogP contribution in [0.3, 0.4) is 0 Å². The largest absolute Gasteiger partial charge is 0.497 e. The van der Waals surface area contributed by atoms with E-state index in [-0.39, 0.29) is 13.0 Å². The fourth-order valence-corrected chi connectivity index (χ4v) is 2.62. The molecule has 2 rings (SSSR count). The molecule has 23 heavy (non-hydrogen) atoms. The number of methoxy groups -OCH3 is 1. The molecule has 8 heteroatoms. The lowest BCUT2D eigenvalue weighted by molar-refractivity contribution is -0.227. The Bertz CT molecular complexity index is 617. The van der Waals surface area contributed by atoms with E-state index in [1.165, 1.54) is 7.11 Å². The predicted octanol–water partition coefficient (Wildman–Crippen LogP) is 2.10. The van der Waals surface area contributed by atoms with Crippen LogP contribution < -0.4 is 4.74 Å². The minimum absolute atomic E-state index is 0.106. The summed E-state index contributed by atoms with van der Waals surface area (Å²) in [5.74, 6) is -1.95. The maximum absolute atomic E-state index is 13.1. The van der Waals surface area contributed by atoms with E-state index >= 15 is 0 Å². The van der Waals surface area contributed by atoms with Gasteiger partial charge >= 0.3 is 12.1 Å². The molecule has 1 atom stereocenters. The van der Waals surface area contributed by atoms with Crippen LogP contribution in [-0.4, -0.2) is 48.3 Å². The average Bonchev–Trinajstić information content (AvgIpc) is 2.94. The van der Waals surface area contributed by atoms with Gasteiger partial charge in [0.25, 0.3) is 0 Å². The van der Waals surface area contributed by atoms with Crippen LogP contribution in [0.5, 0.6) is 5.75 Å². The van der Waals surface area contributed by atoms with E-state index in [1.807, 2.05) is 0 Å². The number of aliphatic carboxylic acids is 1. The lowest BCUT2D eigenvalue weighted by atomic mass is 9.86. The summed E-state index contributed by atoms with van der Waals surface area (Å²) >= 11 is 0. The number of carboxylic acids is 1. The molecule has 0 radical (unpaired) electrons. The maximum Gasteiger partial charge on any atom is 0.406 e. The first-order valence-corrected chi connectivity index (χ1v) is 6.90. The van der Waals surface area contributed by atoms with E-state index in [4.69, 9.17) is 9.84 Å². The van der Waals surface area contributed by atoms with Crippen molar-refractivity contribution in [3.63, 3.8) is 0 Å². The van der Waals surface area contributed by atoms with E-state index < -0.39 is 36.4 Å². The molecule has 1 N–H and O–H groups in total. The van der Waals surface area contributed by atoms with Crippen LogP contribution in [0.15, 0.2) is 24.3 Å². The van der Waals surface area contributed by atoms with Gasteiger partial charge in [-0.25, -0.2) is 0 Å². The number of amides is 1. The highest BCUT2D eigenvalue weighted by atomic mass is 19.4. The minimum Gasteiger partial charge on any atom is -0.497 e. The van der Waals surface area contributed by atoms with Crippen LogP contribution in [-0.2, 0) is 16.0 Å². The van der Waals surface area contributed by atoms with Gasteiger partial charge in [-0.15, -0.1) is 0 Å². The van der Waals surface area contributed by atoms with Crippen molar-refractivity contribution in [3.05, 3.63) is 29.8 Å². The van der Waals surface area contributed by atoms with Crippen LogP contribution in [0.1, 0.15) is 12.0 Å². The van der Waals surface area contributed by atoms with Gasteiger partial charge in [0.05, 0.1) is 13.5 Å². The Morgan fingerprint density at radius 3 is 2.61 bits per heavy atom. The number of ether oxygens (including phenoxy) is 1. The zero-order valence-corrected chi connectivity index (χ0v) is 12.4. The van der Waals surface area contributed by atoms with Gasteiger partial charge in [-0.3, -0.25) is 9.59 Å². The predicted molar refractivity (Wildman–Crippen MR) is 74.0 cm³/mol. The Hall–Kier alpha value is -2.25. The molecule has 1 saturated heterocycles. The third kappa shape index (κ3) is 3.25. The number of hydrogen-bond acceptors (Lipinski definition) is 3. The summed E-state index contributed by atoms with van der Waals surface area (Å²) in [4.78, 5) is 24.2. The first kappa shape index (κ1) is 17.1. The number of rotatable bonds is 4. The van der Waals surface area contributed by atoms with Crippen LogP contribution in [0.2, 0.25) is 0 Å². The van der Waals surface area contributed by atoms with Crippen molar-refractivity contribution in [2.45, 2.75) is 19.0 Å². The van der Waals surface area contributed by atoms with Gasteiger partial charge in [0.15, 0.2) is 5.41 Å². The van der Waals surface area contributed by atoms with Gasteiger partial charge in [0, 0.05) is 13.1 Å². The molecule has 5 nitrogen and oxygen atoms in total. The van der Waals surface area contributed by atoms with Crippen molar-refractivity contribution in [2.75, 3.05) is 20.2 Å². The van der Waals surface area contributed by atoms with Crippen molar-refractivity contribution in [1.29, 1.82) is 0 Å². The third-order valence-corrected chi connectivity index (χ3v) is 4.06. The second-order valence-electron chi connectivity index (χ2n) is 5.48.